The second-order valence-corrected chi connectivity index (χ2v) is 6.06. The van der Waals surface area contributed by atoms with Crippen molar-refractivity contribution in [2.45, 2.75) is 33.3 Å². The predicted octanol–water partition coefficient (Wildman–Crippen LogP) is 4.52. The summed E-state index contributed by atoms with van der Waals surface area (Å²) < 4.78 is 11.1. The Kier molecular flexibility index (Phi) is 4.98. The molecule has 0 saturated carbocycles. The molecule has 1 aliphatic heterocycles. The molecule has 2 aromatic carbocycles. The Labute approximate surface area is 147 Å². The van der Waals surface area contributed by atoms with E-state index in [-0.39, 0.29) is 6.10 Å². The third-order valence-electron chi connectivity index (χ3n) is 4.09. The molecule has 1 heterocycles. The van der Waals surface area contributed by atoms with Crippen LogP contribution in [0.2, 0.25) is 0 Å². The van der Waals surface area contributed by atoms with Crippen molar-refractivity contribution < 1.29 is 14.3 Å². The smallest absolute Gasteiger partial charge is 0.363 e. The fourth-order valence-electron chi connectivity index (χ4n) is 2.45. The molecule has 0 N–H and O–H groups in total. The van der Waals surface area contributed by atoms with Crippen molar-refractivity contribution in [1.82, 2.24) is 0 Å². The van der Waals surface area contributed by atoms with Gasteiger partial charge in [-0.25, -0.2) is 9.79 Å². The van der Waals surface area contributed by atoms with Crippen LogP contribution >= 0.6 is 0 Å². The molecule has 1 unspecified atom stereocenters. The van der Waals surface area contributed by atoms with Crippen molar-refractivity contribution in [2.24, 2.45) is 4.99 Å². The molecule has 2 aromatic rings. The zero-order valence-corrected chi connectivity index (χ0v) is 14.7. The van der Waals surface area contributed by atoms with Crippen molar-refractivity contribution in [3.05, 3.63) is 70.9 Å². The Bertz CT molecular complexity index is 834. The lowest BCUT2D eigenvalue weighted by Gasteiger charge is -2.12. The number of ether oxygens (including phenoxy) is 2. The van der Waals surface area contributed by atoms with E-state index in [0.717, 1.165) is 28.9 Å². The van der Waals surface area contributed by atoms with E-state index in [2.05, 4.69) is 11.9 Å². The van der Waals surface area contributed by atoms with Crippen LogP contribution in [-0.4, -0.2) is 18.0 Å². The molecule has 0 bridgehead atoms. The molecule has 1 atom stereocenters. The number of benzene rings is 2. The van der Waals surface area contributed by atoms with Crippen molar-refractivity contribution in [3.8, 4) is 5.75 Å². The van der Waals surface area contributed by atoms with E-state index in [4.69, 9.17) is 9.47 Å². The maximum Gasteiger partial charge on any atom is 0.363 e. The lowest BCUT2D eigenvalue weighted by molar-refractivity contribution is -0.129. The molecule has 4 heteroatoms. The molecule has 0 aromatic heterocycles. The first kappa shape index (κ1) is 17.0. The first-order chi connectivity index (χ1) is 12.1. The van der Waals surface area contributed by atoms with Gasteiger partial charge in [-0.15, -0.1) is 0 Å². The highest BCUT2D eigenvalue weighted by atomic mass is 16.6. The Morgan fingerprint density at radius 2 is 1.88 bits per heavy atom. The summed E-state index contributed by atoms with van der Waals surface area (Å²) in [6.07, 6.45) is 2.85. The minimum atomic E-state index is -0.432. The first-order valence-corrected chi connectivity index (χ1v) is 8.42. The van der Waals surface area contributed by atoms with Crippen LogP contribution in [0.25, 0.3) is 6.08 Å². The number of cyclic esters (lactones) is 1. The summed E-state index contributed by atoms with van der Waals surface area (Å²) in [5.74, 6) is 0.735. The third-order valence-corrected chi connectivity index (χ3v) is 4.09. The fraction of sp³-hybridized carbons (Fsp3) is 0.238. The van der Waals surface area contributed by atoms with Gasteiger partial charge >= 0.3 is 5.97 Å². The summed E-state index contributed by atoms with van der Waals surface area (Å²) in [5, 5.41) is 0. The monoisotopic (exact) mass is 335 g/mol. The number of carbonyl (C=O) groups excluding carboxylic acids is 1. The summed E-state index contributed by atoms with van der Waals surface area (Å²) >= 11 is 0. The van der Waals surface area contributed by atoms with Gasteiger partial charge in [-0.2, -0.15) is 0 Å². The highest BCUT2D eigenvalue weighted by Gasteiger charge is 2.24. The average molecular weight is 335 g/mol. The SMILES string of the molecule is CCC(C)Oc1ccc(/C=C2\N=C(c3ccccc3C)OC2=O)cc1. The Balaban J connectivity index is 1.81. The molecule has 0 aliphatic carbocycles. The molecular weight excluding hydrogens is 314 g/mol. The number of nitrogens with zero attached hydrogens (tertiary/aromatic N) is 1. The van der Waals surface area contributed by atoms with E-state index in [9.17, 15) is 4.79 Å². The normalized spacial score (nSPS) is 16.5. The summed E-state index contributed by atoms with van der Waals surface area (Å²) in [4.78, 5) is 16.4. The van der Waals surface area contributed by atoms with Crippen molar-refractivity contribution >= 4 is 17.9 Å². The Hall–Kier alpha value is -2.88. The topological polar surface area (TPSA) is 47.9 Å². The van der Waals surface area contributed by atoms with Gasteiger partial charge in [-0.3, -0.25) is 0 Å². The second kappa shape index (κ2) is 7.34. The number of aryl methyl sites for hydroxylation is 1. The molecule has 0 amide bonds. The highest BCUT2D eigenvalue weighted by Crippen LogP contribution is 2.22. The fourth-order valence-corrected chi connectivity index (χ4v) is 2.45. The molecule has 0 spiro atoms. The van der Waals surface area contributed by atoms with E-state index in [0.29, 0.717) is 11.6 Å². The van der Waals surface area contributed by atoms with Gasteiger partial charge in [0.2, 0.25) is 5.90 Å². The highest BCUT2D eigenvalue weighted by molar-refractivity contribution is 6.13. The van der Waals surface area contributed by atoms with Crippen LogP contribution < -0.4 is 4.74 Å². The maximum absolute atomic E-state index is 12.1. The number of aliphatic imine (C=N–C) groups is 1. The van der Waals surface area contributed by atoms with Crippen LogP contribution in [0.3, 0.4) is 0 Å². The zero-order chi connectivity index (χ0) is 17.8. The molecule has 25 heavy (non-hydrogen) atoms. The van der Waals surface area contributed by atoms with Gasteiger partial charge in [0.25, 0.3) is 0 Å². The van der Waals surface area contributed by atoms with Crippen molar-refractivity contribution in [1.29, 1.82) is 0 Å². The van der Waals surface area contributed by atoms with Gasteiger partial charge in [-0.05, 0) is 55.7 Å². The quantitative estimate of drug-likeness (QED) is 0.596. The van der Waals surface area contributed by atoms with Gasteiger partial charge < -0.3 is 9.47 Å². The molecule has 4 nitrogen and oxygen atoms in total. The van der Waals surface area contributed by atoms with E-state index >= 15 is 0 Å². The largest absolute Gasteiger partial charge is 0.491 e. The van der Waals surface area contributed by atoms with Crippen molar-refractivity contribution in [3.63, 3.8) is 0 Å². The summed E-state index contributed by atoms with van der Waals surface area (Å²) in [6.45, 7) is 6.08. The van der Waals surface area contributed by atoms with E-state index in [1.807, 2.05) is 62.4 Å². The number of hydrogen-bond donors (Lipinski definition) is 0. The maximum atomic E-state index is 12.1. The average Bonchev–Trinajstić information content (AvgIpc) is 2.97. The van der Waals surface area contributed by atoms with Gasteiger partial charge in [0.1, 0.15) is 5.75 Å². The summed E-state index contributed by atoms with van der Waals surface area (Å²) in [5.41, 5.74) is 3.02. The number of hydrogen-bond acceptors (Lipinski definition) is 4. The number of esters is 1. The van der Waals surface area contributed by atoms with Crippen LogP contribution in [-0.2, 0) is 9.53 Å². The number of rotatable bonds is 5. The van der Waals surface area contributed by atoms with Gasteiger partial charge in [0, 0.05) is 5.56 Å². The molecule has 0 radical (unpaired) electrons. The summed E-state index contributed by atoms with van der Waals surface area (Å²) in [7, 11) is 0. The Morgan fingerprint density at radius 1 is 1.16 bits per heavy atom. The van der Waals surface area contributed by atoms with E-state index in [1.54, 1.807) is 6.08 Å². The first-order valence-electron chi connectivity index (χ1n) is 8.42. The van der Waals surface area contributed by atoms with E-state index in [1.165, 1.54) is 0 Å². The minimum absolute atomic E-state index is 0.176. The van der Waals surface area contributed by atoms with Crippen LogP contribution in [0.5, 0.6) is 5.75 Å². The van der Waals surface area contributed by atoms with Crippen LogP contribution in [0.4, 0.5) is 0 Å². The van der Waals surface area contributed by atoms with Gasteiger partial charge in [0.15, 0.2) is 5.70 Å². The summed E-state index contributed by atoms with van der Waals surface area (Å²) in [6, 6.07) is 15.3. The van der Waals surface area contributed by atoms with Crippen molar-refractivity contribution in [2.75, 3.05) is 0 Å². The van der Waals surface area contributed by atoms with Crippen LogP contribution in [0.15, 0.2) is 59.2 Å². The van der Waals surface area contributed by atoms with Crippen LogP contribution in [0, 0.1) is 6.92 Å². The molecule has 0 saturated heterocycles. The predicted molar refractivity (Wildman–Crippen MR) is 98.6 cm³/mol. The molecule has 1 aliphatic rings. The lowest BCUT2D eigenvalue weighted by Crippen LogP contribution is -2.09. The molecular formula is C21H21NO3. The van der Waals surface area contributed by atoms with E-state index < -0.39 is 5.97 Å². The minimum Gasteiger partial charge on any atom is -0.491 e. The van der Waals surface area contributed by atoms with Gasteiger partial charge in [-0.1, -0.05) is 37.3 Å². The zero-order valence-electron chi connectivity index (χ0n) is 14.7. The second-order valence-electron chi connectivity index (χ2n) is 6.06. The third kappa shape index (κ3) is 3.97. The standard InChI is InChI=1S/C21H21NO3/c1-4-15(3)24-17-11-9-16(10-12-17)13-19-21(23)25-20(22-19)18-8-6-5-7-14(18)2/h5-13,15H,4H2,1-3H3/b19-13-. The Morgan fingerprint density at radius 3 is 2.56 bits per heavy atom. The number of carbonyl (C=O) groups is 1. The molecule has 128 valence electrons. The lowest BCUT2D eigenvalue weighted by atomic mass is 10.1. The molecule has 0 fully saturated rings. The molecule has 3 rings (SSSR count). The van der Waals surface area contributed by atoms with Crippen LogP contribution in [0.1, 0.15) is 37.0 Å². The van der Waals surface area contributed by atoms with Gasteiger partial charge in [0.05, 0.1) is 6.10 Å².